The van der Waals surface area contributed by atoms with Crippen molar-refractivity contribution in [3.8, 4) is 5.75 Å². The summed E-state index contributed by atoms with van der Waals surface area (Å²) >= 11 is 0. The fourth-order valence-electron chi connectivity index (χ4n) is 1.32. The standard InChI is InChI=1S/C11H11F3N2O4/c12-11(13,14)6-15-10(20)16(5-9(18)19)7-1-3-8(17)4-2-7/h1-4,17H,5-6H2,(H,15,20)(H,18,19). The Morgan fingerprint density at radius 3 is 2.20 bits per heavy atom. The number of hydrogen-bond acceptors (Lipinski definition) is 3. The molecule has 0 heterocycles. The van der Waals surface area contributed by atoms with Gasteiger partial charge in [0.1, 0.15) is 18.8 Å². The summed E-state index contributed by atoms with van der Waals surface area (Å²) in [5.41, 5.74) is 0.0462. The lowest BCUT2D eigenvalue weighted by Crippen LogP contribution is -2.45. The van der Waals surface area contributed by atoms with Gasteiger partial charge in [-0.1, -0.05) is 0 Å². The summed E-state index contributed by atoms with van der Waals surface area (Å²) in [6.45, 7) is -2.38. The number of nitrogens with one attached hydrogen (secondary N) is 1. The molecule has 20 heavy (non-hydrogen) atoms. The molecule has 0 radical (unpaired) electrons. The van der Waals surface area contributed by atoms with E-state index in [0.717, 1.165) is 0 Å². The van der Waals surface area contributed by atoms with Crippen molar-refractivity contribution in [2.45, 2.75) is 6.18 Å². The number of carboxylic acid groups (broad SMARTS) is 1. The van der Waals surface area contributed by atoms with Crippen LogP contribution in [0.15, 0.2) is 24.3 Å². The highest BCUT2D eigenvalue weighted by Crippen LogP contribution is 2.19. The minimum absolute atomic E-state index is 0.0462. The Labute approximate surface area is 111 Å². The number of aromatic hydroxyl groups is 1. The van der Waals surface area contributed by atoms with Crippen molar-refractivity contribution in [3.63, 3.8) is 0 Å². The van der Waals surface area contributed by atoms with Crippen molar-refractivity contribution in [2.75, 3.05) is 18.0 Å². The van der Waals surface area contributed by atoms with Gasteiger partial charge in [0, 0.05) is 5.69 Å². The van der Waals surface area contributed by atoms with Crippen LogP contribution in [0, 0.1) is 0 Å². The van der Waals surface area contributed by atoms with Gasteiger partial charge < -0.3 is 15.5 Å². The highest BCUT2D eigenvalue weighted by Gasteiger charge is 2.29. The van der Waals surface area contributed by atoms with Crippen molar-refractivity contribution < 1.29 is 33.0 Å². The molecule has 1 aromatic carbocycles. The zero-order chi connectivity index (χ0) is 15.3. The predicted molar refractivity (Wildman–Crippen MR) is 62.5 cm³/mol. The molecule has 6 nitrogen and oxygen atoms in total. The van der Waals surface area contributed by atoms with Crippen molar-refractivity contribution in [1.82, 2.24) is 5.32 Å². The highest BCUT2D eigenvalue weighted by molar-refractivity contribution is 5.96. The Morgan fingerprint density at radius 1 is 1.20 bits per heavy atom. The molecule has 1 rings (SSSR count). The summed E-state index contributed by atoms with van der Waals surface area (Å²) in [5.74, 6) is -1.51. The van der Waals surface area contributed by atoms with E-state index >= 15 is 0 Å². The van der Waals surface area contributed by atoms with Crippen LogP contribution in [0.4, 0.5) is 23.7 Å². The predicted octanol–water partition coefficient (Wildman–Crippen LogP) is 1.56. The van der Waals surface area contributed by atoms with E-state index in [4.69, 9.17) is 10.2 Å². The molecule has 0 atom stereocenters. The number of urea groups is 1. The van der Waals surface area contributed by atoms with Gasteiger partial charge >= 0.3 is 18.2 Å². The lowest BCUT2D eigenvalue weighted by Gasteiger charge is -2.21. The molecule has 3 N–H and O–H groups in total. The fraction of sp³-hybridized carbons (Fsp3) is 0.273. The van der Waals surface area contributed by atoms with Gasteiger partial charge in [-0.2, -0.15) is 13.2 Å². The van der Waals surface area contributed by atoms with Crippen LogP contribution in [0.2, 0.25) is 0 Å². The van der Waals surface area contributed by atoms with Gasteiger partial charge in [0.2, 0.25) is 0 Å². The van der Waals surface area contributed by atoms with E-state index in [1.54, 1.807) is 5.32 Å². The number of amides is 2. The summed E-state index contributed by atoms with van der Waals surface area (Å²) in [6.07, 6.45) is -4.60. The first-order valence-corrected chi connectivity index (χ1v) is 5.32. The van der Waals surface area contributed by atoms with Crippen LogP contribution in [0.25, 0.3) is 0 Å². The minimum Gasteiger partial charge on any atom is -0.508 e. The Balaban J connectivity index is 2.86. The third kappa shape index (κ3) is 5.04. The number of carbonyl (C=O) groups is 2. The number of halogens is 3. The first-order chi connectivity index (χ1) is 9.19. The Bertz CT molecular complexity index is 487. The van der Waals surface area contributed by atoms with Crippen molar-refractivity contribution in [1.29, 1.82) is 0 Å². The SMILES string of the molecule is O=C(O)CN(C(=O)NCC(F)(F)F)c1ccc(O)cc1. The molecule has 0 aromatic heterocycles. The third-order valence-electron chi connectivity index (χ3n) is 2.14. The number of hydrogen-bond donors (Lipinski definition) is 3. The number of benzene rings is 1. The first-order valence-electron chi connectivity index (χ1n) is 5.32. The van der Waals surface area contributed by atoms with E-state index in [1.165, 1.54) is 24.3 Å². The molecule has 110 valence electrons. The van der Waals surface area contributed by atoms with Crippen LogP contribution < -0.4 is 10.2 Å². The summed E-state index contributed by atoms with van der Waals surface area (Å²) < 4.78 is 36.0. The summed E-state index contributed by atoms with van der Waals surface area (Å²) in [7, 11) is 0. The normalized spacial score (nSPS) is 10.9. The van der Waals surface area contributed by atoms with E-state index < -0.39 is 31.3 Å². The molecule has 0 aliphatic rings. The average molecular weight is 292 g/mol. The van der Waals surface area contributed by atoms with E-state index in [9.17, 15) is 22.8 Å². The molecule has 0 aliphatic carbocycles. The number of carbonyl (C=O) groups excluding carboxylic acids is 1. The molecule has 0 fully saturated rings. The van der Waals surface area contributed by atoms with Crippen molar-refractivity contribution in [2.24, 2.45) is 0 Å². The topological polar surface area (TPSA) is 89.9 Å². The molecule has 1 aromatic rings. The van der Waals surface area contributed by atoms with Gasteiger partial charge in [0.05, 0.1) is 0 Å². The summed E-state index contributed by atoms with van der Waals surface area (Å²) in [4.78, 5) is 22.9. The Kier molecular flexibility index (Phi) is 4.78. The molecule has 0 aliphatic heterocycles. The molecule has 9 heteroatoms. The van der Waals surface area contributed by atoms with Crippen LogP contribution >= 0.6 is 0 Å². The van der Waals surface area contributed by atoms with Crippen LogP contribution in [0.5, 0.6) is 5.75 Å². The molecular weight excluding hydrogens is 281 g/mol. The van der Waals surface area contributed by atoms with Gasteiger partial charge in [0.15, 0.2) is 0 Å². The van der Waals surface area contributed by atoms with Gasteiger partial charge in [-0.3, -0.25) is 9.69 Å². The van der Waals surface area contributed by atoms with Gasteiger partial charge in [-0.25, -0.2) is 4.79 Å². The van der Waals surface area contributed by atoms with Crippen LogP contribution in [-0.2, 0) is 4.79 Å². The zero-order valence-electron chi connectivity index (χ0n) is 10.0. The first kappa shape index (κ1) is 15.6. The molecular formula is C11H11F3N2O4. The maximum atomic E-state index is 12.0. The average Bonchev–Trinajstić information content (AvgIpc) is 2.33. The molecule has 0 spiro atoms. The quantitative estimate of drug-likeness (QED) is 0.785. The van der Waals surface area contributed by atoms with Gasteiger partial charge in [0.25, 0.3) is 0 Å². The number of phenolic OH excluding ortho intramolecular Hbond substituents is 1. The summed E-state index contributed by atoms with van der Waals surface area (Å²) in [5, 5.41) is 19.3. The number of phenols is 1. The minimum atomic E-state index is -4.60. The van der Waals surface area contributed by atoms with Crippen molar-refractivity contribution in [3.05, 3.63) is 24.3 Å². The van der Waals surface area contributed by atoms with Crippen LogP contribution in [0.1, 0.15) is 0 Å². The van der Waals surface area contributed by atoms with Gasteiger partial charge in [-0.05, 0) is 24.3 Å². The number of alkyl halides is 3. The number of anilines is 1. The molecule has 0 unspecified atom stereocenters. The second kappa shape index (κ2) is 6.13. The summed E-state index contributed by atoms with van der Waals surface area (Å²) in [6, 6.07) is 3.59. The Morgan fingerprint density at radius 2 is 1.75 bits per heavy atom. The smallest absolute Gasteiger partial charge is 0.405 e. The fourth-order valence-corrected chi connectivity index (χ4v) is 1.32. The lowest BCUT2D eigenvalue weighted by molar-refractivity contribution is -0.135. The van der Waals surface area contributed by atoms with Gasteiger partial charge in [-0.15, -0.1) is 0 Å². The van der Waals surface area contributed by atoms with Crippen LogP contribution in [-0.4, -0.2) is 41.5 Å². The maximum absolute atomic E-state index is 12.0. The Hall–Kier alpha value is -2.45. The number of rotatable bonds is 4. The third-order valence-corrected chi connectivity index (χ3v) is 2.14. The van der Waals surface area contributed by atoms with E-state index in [2.05, 4.69) is 0 Å². The van der Waals surface area contributed by atoms with E-state index in [-0.39, 0.29) is 11.4 Å². The second-order valence-corrected chi connectivity index (χ2v) is 3.77. The second-order valence-electron chi connectivity index (χ2n) is 3.77. The number of nitrogens with zero attached hydrogens (tertiary/aromatic N) is 1. The molecule has 2 amide bonds. The van der Waals surface area contributed by atoms with Crippen molar-refractivity contribution >= 4 is 17.7 Å². The number of carboxylic acids is 1. The van der Waals surface area contributed by atoms with E-state index in [0.29, 0.717) is 4.90 Å². The lowest BCUT2D eigenvalue weighted by atomic mass is 10.3. The zero-order valence-corrected chi connectivity index (χ0v) is 10.0. The monoisotopic (exact) mass is 292 g/mol. The maximum Gasteiger partial charge on any atom is 0.405 e. The molecule has 0 bridgehead atoms. The molecule has 0 saturated heterocycles. The van der Waals surface area contributed by atoms with E-state index in [1.807, 2.05) is 0 Å². The molecule has 0 saturated carbocycles. The van der Waals surface area contributed by atoms with Crippen LogP contribution in [0.3, 0.4) is 0 Å². The largest absolute Gasteiger partial charge is 0.508 e. The highest BCUT2D eigenvalue weighted by atomic mass is 19.4. The number of aliphatic carboxylic acids is 1.